The predicted octanol–water partition coefficient (Wildman–Crippen LogP) is 2.46. The molecule has 0 atom stereocenters. The lowest BCUT2D eigenvalue weighted by Crippen LogP contribution is -2.38. The molecule has 1 aromatic carbocycles. The number of benzene rings is 1. The molecule has 2 aromatic rings. The van der Waals surface area contributed by atoms with Crippen LogP contribution in [0.2, 0.25) is 0 Å². The number of anilines is 1. The first-order valence-electron chi connectivity index (χ1n) is 9.23. The largest absolute Gasteiger partial charge is 0.331 e. The number of nitrogens with one attached hydrogen (secondary N) is 1. The third kappa shape index (κ3) is 3.31. The van der Waals surface area contributed by atoms with Gasteiger partial charge in [0, 0.05) is 23.7 Å². The number of hydrogen-bond donors (Lipinski definition) is 1. The number of carbonyl (C=O) groups is 2. The normalized spacial score (nSPS) is 16.2. The third-order valence-corrected chi connectivity index (χ3v) is 5.42. The van der Waals surface area contributed by atoms with E-state index in [1.54, 1.807) is 27.8 Å². The topological polar surface area (TPSA) is 91.0 Å². The van der Waals surface area contributed by atoms with E-state index in [0.29, 0.717) is 36.6 Å². The Morgan fingerprint density at radius 1 is 1.26 bits per heavy atom. The monoisotopic (exact) mass is 363 g/mol. The highest BCUT2D eigenvalue weighted by atomic mass is 16.2. The van der Waals surface area contributed by atoms with Crippen molar-refractivity contribution in [3.05, 3.63) is 46.8 Å². The predicted molar refractivity (Wildman–Crippen MR) is 98.8 cm³/mol. The van der Waals surface area contributed by atoms with Crippen molar-refractivity contribution in [2.45, 2.75) is 39.3 Å². The molecule has 0 saturated heterocycles. The molecule has 2 heterocycles. The number of rotatable bonds is 3. The highest BCUT2D eigenvalue weighted by molar-refractivity contribution is 5.98. The number of nitriles is 1. The molecule has 0 spiro atoms. The van der Waals surface area contributed by atoms with E-state index in [-0.39, 0.29) is 17.7 Å². The van der Waals surface area contributed by atoms with E-state index in [1.807, 2.05) is 19.1 Å². The van der Waals surface area contributed by atoms with Gasteiger partial charge in [-0.1, -0.05) is 12.5 Å². The van der Waals surface area contributed by atoms with Crippen LogP contribution in [-0.2, 0) is 17.9 Å². The van der Waals surface area contributed by atoms with E-state index in [1.165, 1.54) is 0 Å². The molecular formula is C20H21N5O2. The van der Waals surface area contributed by atoms with Gasteiger partial charge in [0.15, 0.2) is 5.69 Å². The van der Waals surface area contributed by atoms with Gasteiger partial charge < -0.3 is 10.2 Å². The summed E-state index contributed by atoms with van der Waals surface area (Å²) in [5.74, 6) is 0.0559. The van der Waals surface area contributed by atoms with Gasteiger partial charge in [0.1, 0.15) is 6.07 Å². The molecule has 0 bridgehead atoms. The lowest BCUT2D eigenvalue weighted by molar-refractivity contribution is -0.122. The number of carbonyl (C=O) groups excluding carboxylic acids is 2. The lowest BCUT2D eigenvalue weighted by atomic mass is 9.84. The van der Waals surface area contributed by atoms with E-state index < -0.39 is 0 Å². The minimum absolute atomic E-state index is 0.0415. The second kappa shape index (κ2) is 6.88. The van der Waals surface area contributed by atoms with Gasteiger partial charge in [-0.15, -0.1) is 0 Å². The first-order chi connectivity index (χ1) is 13.0. The van der Waals surface area contributed by atoms with Gasteiger partial charge in [0.05, 0.1) is 18.8 Å². The molecule has 0 radical (unpaired) electrons. The SMILES string of the molecule is Cc1ccc(C(=O)N2CCn3nc(C#N)cc3C2)cc1NC(=O)C1CCC1. The molecule has 2 aliphatic rings. The summed E-state index contributed by atoms with van der Waals surface area (Å²) >= 11 is 0. The highest BCUT2D eigenvalue weighted by Crippen LogP contribution is 2.28. The van der Waals surface area contributed by atoms with Crippen LogP contribution in [0.3, 0.4) is 0 Å². The minimum atomic E-state index is -0.0832. The maximum absolute atomic E-state index is 13.0. The Morgan fingerprint density at radius 3 is 2.78 bits per heavy atom. The number of aromatic nitrogens is 2. The molecule has 2 amide bonds. The maximum atomic E-state index is 13.0. The van der Waals surface area contributed by atoms with E-state index in [9.17, 15) is 9.59 Å². The molecule has 138 valence electrons. The molecule has 27 heavy (non-hydrogen) atoms. The summed E-state index contributed by atoms with van der Waals surface area (Å²) in [7, 11) is 0. The molecular weight excluding hydrogens is 342 g/mol. The van der Waals surface area contributed by atoms with Crippen molar-refractivity contribution in [1.29, 1.82) is 5.26 Å². The number of amides is 2. The van der Waals surface area contributed by atoms with Crippen LogP contribution in [0.1, 0.15) is 46.6 Å². The third-order valence-electron chi connectivity index (χ3n) is 5.42. The van der Waals surface area contributed by atoms with Gasteiger partial charge >= 0.3 is 0 Å². The number of aryl methyl sites for hydroxylation is 1. The molecule has 1 saturated carbocycles. The second-order valence-electron chi connectivity index (χ2n) is 7.23. The molecule has 1 fully saturated rings. The van der Waals surface area contributed by atoms with Crippen molar-refractivity contribution in [2.24, 2.45) is 5.92 Å². The quantitative estimate of drug-likeness (QED) is 0.907. The Hall–Kier alpha value is -3.14. The smallest absolute Gasteiger partial charge is 0.254 e. The molecule has 7 heteroatoms. The van der Waals surface area contributed by atoms with Gasteiger partial charge in [0.2, 0.25) is 5.91 Å². The van der Waals surface area contributed by atoms with Crippen LogP contribution in [0.15, 0.2) is 24.3 Å². The van der Waals surface area contributed by atoms with Crippen LogP contribution in [-0.4, -0.2) is 33.0 Å². The fourth-order valence-electron chi connectivity index (χ4n) is 3.47. The fraction of sp³-hybridized carbons (Fsp3) is 0.400. The summed E-state index contributed by atoms with van der Waals surface area (Å²) in [4.78, 5) is 27.0. The Balaban J connectivity index is 1.51. The van der Waals surface area contributed by atoms with Crippen LogP contribution >= 0.6 is 0 Å². The van der Waals surface area contributed by atoms with Crippen molar-refractivity contribution in [3.8, 4) is 6.07 Å². The first-order valence-corrected chi connectivity index (χ1v) is 9.23. The fourth-order valence-corrected chi connectivity index (χ4v) is 3.47. The number of fused-ring (bicyclic) bond motifs is 1. The zero-order valence-electron chi connectivity index (χ0n) is 15.2. The van der Waals surface area contributed by atoms with Gasteiger partial charge in [-0.25, -0.2) is 0 Å². The summed E-state index contributed by atoms with van der Waals surface area (Å²) in [6.45, 7) is 3.45. The summed E-state index contributed by atoms with van der Waals surface area (Å²) in [5, 5.41) is 16.2. The average Bonchev–Trinajstić information content (AvgIpc) is 3.03. The summed E-state index contributed by atoms with van der Waals surface area (Å²) < 4.78 is 1.78. The van der Waals surface area contributed by atoms with E-state index in [4.69, 9.17) is 5.26 Å². The Kier molecular flexibility index (Phi) is 4.40. The Bertz CT molecular complexity index is 952. The number of nitrogens with zero attached hydrogens (tertiary/aromatic N) is 4. The molecule has 7 nitrogen and oxygen atoms in total. The molecule has 0 unspecified atom stereocenters. The summed E-state index contributed by atoms with van der Waals surface area (Å²) in [5.41, 5.74) is 3.42. The van der Waals surface area contributed by atoms with E-state index in [0.717, 1.165) is 30.5 Å². The summed E-state index contributed by atoms with van der Waals surface area (Å²) in [6.07, 6.45) is 2.99. The van der Waals surface area contributed by atoms with Crippen molar-refractivity contribution in [3.63, 3.8) is 0 Å². The molecule has 4 rings (SSSR count). The van der Waals surface area contributed by atoms with E-state index >= 15 is 0 Å². The molecule has 1 aliphatic carbocycles. The van der Waals surface area contributed by atoms with Gasteiger partial charge in [-0.3, -0.25) is 14.3 Å². The Morgan fingerprint density at radius 2 is 2.07 bits per heavy atom. The van der Waals surface area contributed by atoms with Crippen LogP contribution in [0, 0.1) is 24.2 Å². The van der Waals surface area contributed by atoms with Crippen LogP contribution in [0.25, 0.3) is 0 Å². The zero-order chi connectivity index (χ0) is 19.0. The lowest BCUT2D eigenvalue weighted by Gasteiger charge is -2.28. The van der Waals surface area contributed by atoms with Crippen molar-refractivity contribution in [1.82, 2.24) is 14.7 Å². The van der Waals surface area contributed by atoms with Gasteiger partial charge in [-0.2, -0.15) is 10.4 Å². The standard InChI is InChI=1S/C20H21N5O2/c1-13-5-6-15(9-18(13)22-19(26)14-3-2-4-14)20(27)24-7-8-25-17(12-24)10-16(11-21)23-25/h5-6,9-10,14H,2-4,7-8,12H2,1H3,(H,22,26). The van der Waals surface area contributed by atoms with Crippen LogP contribution < -0.4 is 5.32 Å². The van der Waals surface area contributed by atoms with E-state index in [2.05, 4.69) is 10.4 Å². The average molecular weight is 363 g/mol. The van der Waals surface area contributed by atoms with Crippen LogP contribution in [0.5, 0.6) is 0 Å². The highest BCUT2D eigenvalue weighted by Gasteiger charge is 2.27. The summed E-state index contributed by atoms with van der Waals surface area (Å²) in [6, 6.07) is 9.18. The molecule has 1 aliphatic heterocycles. The van der Waals surface area contributed by atoms with Gasteiger partial charge in [-0.05, 0) is 43.5 Å². The van der Waals surface area contributed by atoms with Crippen LogP contribution in [0.4, 0.5) is 5.69 Å². The first kappa shape index (κ1) is 17.3. The van der Waals surface area contributed by atoms with Crippen molar-refractivity contribution >= 4 is 17.5 Å². The molecule has 1 aromatic heterocycles. The zero-order valence-corrected chi connectivity index (χ0v) is 15.2. The van der Waals surface area contributed by atoms with Crippen molar-refractivity contribution in [2.75, 3.05) is 11.9 Å². The maximum Gasteiger partial charge on any atom is 0.254 e. The molecule has 1 N–H and O–H groups in total. The number of hydrogen-bond acceptors (Lipinski definition) is 4. The minimum Gasteiger partial charge on any atom is -0.331 e. The Labute approximate surface area is 157 Å². The van der Waals surface area contributed by atoms with Gasteiger partial charge in [0.25, 0.3) is 5.91 Å². The second-order valence-corrected chi connectivity index (χ2v) is 7.23. The van der Waals surface area contributed by atoms with Crippen molar-refractivity contribution < 1.29 is 9.59 Å².